The van der Waals surface area contributed by atoms with Gasteiger partial charge in [0, 0.05) is 6.54 Å². The summed E-state index contributed by atoms with van der Waals surface area (Å²) in [7, 11) is 0. The molecule has 0 saturated carbocycles. The van der Waals surface area contributed by atoms with E-state index >= 15 is 0 Å². The first-order valence-corrected chi connectivity index (χ1v) is 4.29. The Hall–Kier alpha value is -1.52. The zero-order valence-electron chi connectivity index (χ0n) is 7.42. The van der Waals surface area contributed by atoms with Crippen molar-refractivity contribution >= 4 is 11.8 Å². The van der Waals surface area contributed by atoms with E-state index in [0.717, 1.165) is 18.8 Å². The number of nitrogen functional groups attached to an aromatic ring is 1. The summed E-state index contributed by atoms with van der Waals surface area (Å²) in [5.74, 6) is 1.38. The summed E-state index contributed by atoms with van der Waals surface area (Å²) in [4.78, 5) is 17.9. The Labute approximate surface area is 75.4 Å². The van der Waals surface area contributed by atoms with Gasteiger partial charge < -0.3 is 16.0 Å². The van der Waals surface area contributed by atoms with Gasteiger partial charge in [-0.05, 0) is 12.3 Å². The van der Waals surface area contributed by atoms with Crippen LogP contribution in [0, 0.1) is 5.92 Å². The van der Waals surface area contributed by atoms with E-state index in [1.807, 2.05) is 0 Å². The van der Waals surface area contributed by atoms with Crippen molar-refractivity contribution in [3.8, 4) is 0 Å². The van der Waals surface area contributed by atoms with Gasteiger partial charge in [-0.15, -0.1) is 0 Å². The lowest BCUT2D eigenvalue weighted by Gasteiger charge is -2.21. The zero-order valence-corrected chi connectivity index (χ0v) is 7.42. The van der Waals surface area contributed by atoms with Crippen LogP contribution in [-0.4, -0.2) is 16.5 Å². The molecule has 1 aromatic heterocycles. The highest BCUT2D eigenvalue weighted by atomic mass is 16.1. The number of nitrogens with one attached hydrogen (secondary N) is 2. The van der Waals surface area contributed by atoms with Crippen LogP contribution in [0.15, 0.2) is 4.79 Å². The Morgan fingerprint density at radius 3 is 3.15 bits per heavy atom. The fraction of sp³-hybridized carbons (Fsp3) is 0.500. The highest BCUT2D eigenvalue weighted by Gasteiger charge is 2.18. The van der Waals surface area contributed by atoms with E-state index in [1.165, 1.54) is 0 Å². The summed E-state index contributed by atoms with van der Waals surface area (Å²) < 4.78 is 0. The van der Waals surface area contributed by atoms with Gasteiger partial charge in [-0.1, -0.05) is 6.92 Å². The maximum Gasteiger partial charge on any atom is 0.279 e. The molecule has 0 aromatic carbocycles. The average molecular weight is 180 g/mol. The van der Waals surface area contributed by atoms with E-state index in [1.54, 1.807) is 0 Å². The fourth-order valence-corrected chi connectivity index (χ4v) is 1.55. The maximum absolute atomic E-state index is 11.4. The molecule has 0 bridgehead atoms. The van der Waals surface area contributed by atoms with Crippen LogP contribution in [0.1, 0.15) is 12.5 Å². The number of fused-ring (bicyclic) bond motifs is 1. The molecule has 4 N–H and O–H groups in total. The van der Waals surface area contributed by atoms with Crippen LogP contribution in [0.5, 0.6) is 0 Å². The molecule has 0 radical (unpaired) electrons. The monoisotopic (exact) mass is 180 g/mol. The molecule has 0 spiro atoms. The van der Waals surface area contributed by atoms with Crippen molar-refractivity contribution in [3.63, 3.8) is 0 Å². The standard InChI is InChI=1S/C8H12N4O/c1-4-2-5-6(10-3-4)11-8(9)12-7(5)13/h4H,2-3H2,1H3,(H4,9,10,11,12,13)/t4-/m0/s1. The van der Waals surface area contributed by atoms with Crippen LogP contribution >= 0.6 is 0 Å². The summed E-state index contributed by atoms with van der Waals surface area (Å²) in [5, 5.41) is 3.12. The number of hydrogen-bond acceptors (Lipinski definition) is 4. The lowest BCUT2D eigenvalue weighted by Crippen LogP contribution is -2.29. The Bertz CT molecular complexity index is 384. The molecular weight excluding hydrogens is 168 g/mol. The smallest absolute Gasteiger partial charge is 0.279 e. The molecule has 0 amide bonds. The van der Waals surface area contributed by atoms with Gasteiger partial charge in [-0.2, -0.15) is 4.98 Å². The second-order valence-electron chi connectivity index (χ2n) is 3.47. The van der Waals surface area contributed by atoms with Crippen LogP contribution in [0.2, 0.25) is 0 Å². The van der Waals surface area contributed by atoms with Crippen LogP contribution in [0.25, 0.3) is 0 Å². The molecule has 2 heterocycles. The van der Waals surface area contributed by atoms with Crippen LogP contribution in [0.3, 0.4) is 0 Å². The number of aromatic nitrogens is 2. The number of hydrogen-bond donors (Lipinski definition) is 3. The molecule has 1 atom stereocenters. The number of rotatable bonds is 0. The van der Waals surface area contributed by atoms with Crippen LogP contribution < -0.4 is 16.6 Å². The van der Waals surface area contributed by atoms with E-state index in [9.17, 15) is 4.79 Å². The first-order chi connectivity index (χ1) is 6.16. The Kier molecular flexibility index (Phi) is 1.72. The second kappa shape index (κ2) is 2.76. The minimum atomic E-state index is -0.217. The Morgan fingerprint density at radius 1 is 1.62 bits per heavy atom. The van der Waals surface area contributed by atoms with Crippen molar-refractivity contribution in [1.82, 2.24) is 9.97 Å². The van der Waals surface area contributed by atoms with Gasteiger partial charge in [0.2, 0.25) is 5.95 Å². The highest BCUT2D eigenvalue weighted by molar-refractivity contribution is 5.48. The van der Waals surface area contributed by atoms with Gasteiger partial charge in [0.05, 0.1) is 5.56 Å². The topological polar surface area (TPSA) is 83.8 Å². The van der Waals surface area contributed by atoms with Crippen molar-refractivity contribution in [2.75, 3.05) is 17.6 Å². The SMILES string of the molecule is C[C@@H]1CNc2[nH]c(N)nc(=O)c2C1. The molecule has 1 aliphatic rings. The summed E-state index contributed by atoms with van der Waals surface area (Å²) in [6.07, 6.45) is 0.769. The third kappa shape index (κ3) is 1.37. The number of H-pyrrole nitrogens is 1. The number of aromatic amines is 1. The molecule has 0 fully saturated rings. The van der Waals surface area contributed by atoms with E-state index in [4.69, 9.17) is 5.73 Å². The second-order valence-corrected chi connectivity index (χ2v) is 3.47. The first-order valence-electron chi connectivity index (χ1n) is 4.29. The molecular formula is C8H12N4O. The molecule has 5 nitrogen and oxygen atoms in total. The van der Waals surface area contributed by atoms with Gasteiger partial charge in [0.1, 0.15) is 5.82 Å². The molecule has 0 aliphatic carbocycles. The molecule has 13 heavy (non-hydrogen) atoms. The fourth-order valence-electron chi connectivity index (χ4n) is 1.55. The van der Waals surface area contributed by atoms with Gasteiger partial charge in [0.15, 0.2) is 0 Å². The molecule has 0 unspecified atom stereocenters. The van der Waals surface area contributed by atoms with E-state index in [-0.39, 0.29) is 11.5 Å². The van der Waals surface area contributed by atoms with E-state index in [0.29, 0.717) is 11.5 Å². The quantitative estimate of drug-likeness (QED) is 0.523. The van der Waals surface area contributed by atoms with Crippen molar-refractivity contribution in [2.24, 2.45) is 5.92 Å². The van der Waals surface area contributed by atoms with Gasteiger partial charge in [-0.3, -0.25) is 4.79 Å². The minimum absolute atomic E-state index is 0.172. The molecule has 1 aliphatic heterocycles. The summed E-state index contributed by atoms with van der Waals surface area (Å²) in [6.45, 7) is 2.96. The maximum atomic E-state index is 11.4. The third-order valence-corrected chi connectivity index (χ3v) is 2.21. The lowest BCUT2D eigenvalue weighted by atomic mass is 9.99. The lowest BCUT2D eigenvalue weighted by molar-refractivity contribution is 0.585. The summed E-state index contributed by atoms with van der Waals surface area (Å²) in [5.41, 5.74) is 5.91. The van der Waals surface area contributed by atoms with Gasteiger partial charge in [0.25, 0.3) is 5.56 Å². The minimum Gasteiger partial charge on any atom is -0.371 e. The molecule has 0 saturated heterocycles. The molecule has 5 heteroatoms. The van der Waals surface area contributed by atoms with Crippen molar-refractivity contribution in [2.45, 2.75) is 13.3 Å². The average Bonchev–Trinajstić information content (AvgIpc) is 2.06. The normalized spacial score (nSPS) is 20.5. The molecule has 2 rings (SSSR count). The van der Waals surface area contributed by atoms with Gasteiger partial charge in [-0.25, -0.2) is 0 Å². The number of nitrogens with zero attached hydrogens (tertiary/aromatic N) is 1. The van der Waals surface area contributed by atoms with E-state index < -0.39 is 0 Å². The molecule has 1 aromatic rings. The zero-order chi connectivity index (χ0) is 9.42. The highest BCUT2D eigenvalue weighted by Crippen LogP contribution is 2.18. The predicted molar refractivity (Wildman–Crippen MR) is 50.6 cm³/mol. The van der Waals surface area contributed by atoms with Crippen LogP contribution in [-0.2, 0) is 6.42 Å². The third-order valence-electron chi connectivity index (χ3n) is 2.21. The Morgan fingerprint density at radius 2 is 2.38 bits per heavy atom. The Balaban J connectivity index is 2.53. The van der Waals surface area contributed by atoms with Crippen molar-refractivity contribution in [1.29, 1.82) is 0 Å². The van der Waals surface area contributed by atoms with E-state index in [2.05, 4.69) is 22.2 Å². The van der Waals surface area contributed by atoms with Crippen LogP contribution in [0.4, 0.5) is 11.8 Å². The van der Waals surface area contributed by atoms with Crippen molar-refractivity contribution < 1.29 is 0 Å². The first kappa shape index (κ1) is 8.10. The molecule has 70 valence electrons. The van der Waals surface area contributed by atoms with Crippen molar-refractivity contribution in [3.05, 3.63) is 15.9 Å². The largest absolute Gasteiger partial charge is 0.371 e. The summed E-state index contributed by atoms with van der Waals surface area (Å²) in [6, 6.07) is 0. The number of anilines is 2. The predicted octanol–water partition coefficient (Wildman–Crippen LogP) is -0.0438. The number of nitrogens with two attached hydrogens (primary N) is 1. The van der Waals surface area contributed by atoms with Gasteiger partial charge >= 0.3 is 0 Å². The summed E-state index contributed by atoms with van der Waals surface area (Å²) >= 11 is 0.